The molecular weight excluding hydrogens is 388 g/mol. The van der Waals surface area contributed by atoms with Crippen LogP contribution in [0, 0.1) is 5.92 Å². The number of nitrogens with one attached hydrogen (secondary N) is 1. The van der Waals surface area contributed by atoms with Gasteiger partial charge in [0.05, 0.1) is 6.04 Å². The van der Waals surface area contributed by atoms with E-state index in [2.05, 4.69) is 41.5 Å². The van der Waals surface area contributed by atoms with E-state index in [0.717, 1.165) is 49.3 Å². The van der Waals surface area contributed by atoms with Crippen LogP contribution < -0.4 is 14.8 Å². The van der Waals surface area contributed by atoms with Crippen LogP contribution >= 0.6 is 0 Å². The number of piperidine rings is 1. The van der Waals surface area contributed by atoms with Crippen LogP contribution in [0.5, 0.6) is 11.5 Å². The Bertz CT molecular complexity index is 1020. The highest BCUT2D eigenvalue weighted by atomic mass is 16.5. The number of nitrogens with zero attached hydrogens (tertiary/aromatic N) is 1. The number of rotatable bonds is 4. The van der Waals surface area contributed by atoms with Gasteiger partial charge in [-0.2, -0.15) is 0 Å². The minimum absolute atomic E-state index is 0.0122. The average molecular weight is 419 g/mol. The maximum Gasteiger partial charge on any atom is 0.217 e. The van der Waals surface area contributed by atoms with E-state index >= 15 is 0 Å². The summed E-state index contributed by atoms with van der Waals surface area (Å²) in [4.78, 5) is 14.5. The van der Waals surface area contributed by atoms with E-state index < -0.39 is 0 Å². The average Bonchev–Trinajstić information content (AvgIpc) is 3.12. The summed E-state index contributed by atoms with van der Waals surface area (Å²) in [5.41, 5.74) is 3.92. The second kappa shape index (κ2) is 6.99. The highest BCUT2D eigenvalue weighted by Crippen LogP contribution is 2.63. The third-order valence-electron chi connectivity index (χ3n) is 8.21. The zero-order valence-corrected chi connectivity index (χ0v) is 18.3. The number of benzene rings is 2. The van der Waals surface area contributed by atoms with Crippen molar-refractivity contribution >= 4 is 5.91 Å². The molecule has 1 spiro atoms. The van der Waals surface area contributed by atoms with Gasteiger partial charge in [-0.25, -0.2) is 0 Å². The van der Waals surface area contributed by atoms with Gasteiger partial charge in [-0.3, -0.25) is 4.79 Å². The van der Waals surface area contributed by atoms with Crippen molar-refractivity contribution in [1.82, 2.24) is 10.2 Å². The van der Waals surface area contributed by atoms with Gasteiger partial charge in [0.2, 0.25) is 5.91 Å². The molecule has 1 amide bonds. The maximum absolute atomic E-state index is 12.0. The number of hydrogen-bond acceptors (Lipinski definition) is 4. The van der Waals surface area contributed by atoms with E-state index in [4.69, 9.17) is 9.47 Å². The Balaban J connectivity index is 1.43. The number of ether oxygens (including phenoxy) is 2. The molecule has 0 radical (unpaired) electrons. The molecule has 5 nitrogen and oxygen atoms in total. The molecule has 2 bridgehead atoms. The zero-order valence-electron chi connectivity index (χ0n) is 18.3. The van der Waals surface area contributed by atoms with Crippen molar-refractivity contribution in [2.45, 2.75) is 62.8 Å². The number of carbonyl (C=O) groups excluding carboxylic acids is 1. The van der Waals surface area contributed by atoms with Gasteiger partial charge in [-0.05, 0) is 62.4 Å². The summed E-state index contributed by atoms with van der Waals surface area (Å²) in [6.45, 7) is 3.21. The van der Waals surface area contributed by atoms with Crippen LogP contribution in [-0.4, -0.2) is 42.6 Å². The van der Waals surface area contributed by atoms with E-state index in [1.807, 2.05) is 18.2 Å². The smallest absolute Gasteiger partial charge is 0.217 e. The first kappa shape index (κ1) is 19.2. The Kier molecular flexibility index (Phi) is 4.32. The van der Waals surface area contributed by atoms with Crippen molar-refractivity contribution in [2.75, 3.05) is 13.6 Å². The predicted octanol–water partition coefficient (Wildman–Crippen LogP) is 3.44. The van der Waals surface area contributed by atoms with Crippen LogP contribution in [0.4, 0.5) is 0 Å². The normalized spacial score (nSPS) is 32.7. The Morgan fingerprint density at radius 2 is 2.06 bits per heavy atom. The summed E-state index contributed by atoms with van der Waals surface area (Å²) in [7, 11) is 2.27. The van der Waals surface area contributed by atoms with E-state index in [1.165, 1.54) is 11.1 Å². The van der Waals surface area contributed by atoms with Crippen molar-refractivity contribution < 1.29 is 14.3 Å². The van der Waals surface area contributed by atoms with Crippen LogP contribution in [0.25, 0.3) is 0 Å². The van der Waals surface area contributed by atoms with E-state index in [0.29, 0.717) is 18.6 Å². The first-order chi connectivity index (χ1) is 15.1. The number of likely N-dealkylation sites (tertiary alicyclic amines) is 1. The van der Waals surface area contributed by atoms with Crippen LogP contribution in [0.15, 0.2) is 42.5 Å². The topological polar surface area (TPSA) is 50.8 Å². The summed E-state index contributed by atoms with van der Waals surface area (Å²) in [5, 5.41) is 3.22. The molecule has 0 aromatic heterocycles. The monoisotopic (exact) mass is 418 g/mol. The molecule has 5 heteroatoms. The molecule has 162 valence electrons. The van der Waals surface area contributed by atoms with Gasteiger partial charge in [0.1, 0.15) is 12.7 Å². The number of amides is 1. The molecule has 2 fully saturated rings. The van der Waals surface area contributed by atoms with Gasteiger partial charge in [-0.1, -0.05) is 36.4 Å². The van der Waals surface area contributed by atoms with Gasteiger partial charge < -0.3 is 19.7 Å². The zero-order chi connectivity index (χ0) is 21.2. The van der Waals surface area contributed by atoms with Crippen LogP contribution in [0.2, 0.25) is 0 Å². The minimum Gasteiger partial charge on any atom is -0.485 e. The Hall–Kier alpha value is -2.53. The molecule has 2 aliphatic carbocycles. The lowest BCUT2D eigenvalue weighted by Gasteiger charge is -2.59. The fourth-order valence-electron chi connectivity index (χ4n) is 6.99. The molecule has 2 aliphatic heterocycles. The van der Waals surface area contributed by atoms with Gasteiger partial charge in [0, 0.05) is 23.9 Å². The molecular formula is C26H30N2O3. The molecule has 1 saturated heterocycles. The molecule has 31 heavy (non-hydrogen) atoms. The summed E-state index contributed by atoms with van der Waals surface area (Å²) >= 11 is 0. The number of carbonyl (C=O) groups is 1. The molecule has 1 saturated carbocycles. The first-order valence-electron chi connectivity index (χ1n) is 11.5. The van der Waals surface area contributed by atoms with Gasteiger partial charge in [0.15, 0.2) is 11.5 Å². The first-order valence-corrected chi connectivity index (χ1v) is 11.5. The lowest BCUT2D eigenvalue weighted by Crippen LogP contribution is -2.68. The lowest BCUT2D eigenvalue weighted by atomic mass is 9.51. The summed E-state index contributed by atoms with van der Waals surface area (Å²) < 4.78 is 13.1. The summed E-state index contributed by atoms with van der Waals surface area (Å²) in [6.07, 6.45) is 4.25. The number of hydrogen-bond donors (Lipinski definition) is 1. The standard InChI is InChI=1S/C26H30N2O3/c1-16(29)27-20-10-9-19-21-14-18-8-11-22(30-15-17-6-4-3-5-7-17)24-23(18)26(19,25(20)31-24)12-13-28(21)2/h3-8,11,19-21,25H,9-10,12-15H2,1-2H3,(H,27,29)/t19?,20-,21?,25-,26?/m0/s1. The number of likely N-dealkylation sites (N-methyl/N-ethyl adjacent to an activating group) is 1. The second-order valence-corrected chi connectivity index (χ2v) is 9.77. The van der Waals surface area contributed by atoms with E-state index in [1.54, 1.807) is 6.92 Å². The summed E-state index contributed by atoms with van der Waals surface area (Å²) in [6, 6.07) is 15.2. The van der Waals surface area contributed by atoms with Gasteiger partial charge in [0.25, 0.3) is 0 Å². The van der Waals surface area contributed by atoms with Crippen LogP contribution in [0.3, 0.4) is 0 Å². The SMILES string of the molecule is CC(=O)N[C@H]1CCC2C3Cc4ccc(OCc5ccccc5)c5c4C2(CCN3C)[C@H]1O5. The molecule has 3 unspecified atom stereocenters. The van der Waals surface area contributed by atoms with Crippen molar-refractivity contribution in [3.63, 3.8) is 0 Å². The fourth-order valence-corrected chi connectivity index (χ4v) is 6.99. The van der Waals surface area contributed by atoms with E-state index in [-0.39, 0.29) is 23.5 Å². The summed E-state index contributed by atoms with van der Waals surface area (Å²) in [5.74, 6) is 2.37. The highest BCUT2D eigenvalue weighted by molar-refractivity contribution is 5.73. The maximum atomic E-state index is 12.0. The minimum atomic E-state index is -0.0163. The van der Waals surface area contributed by atoms with Gasteiger partial charge >= 0.3 is 0 Å². The molecule has 2 aromatic carbocycles. The third kappa shape index (κ3) is 2.75. The second-order valence-electron chi connectivity index (χ2n) is 9.77. The van der Waals surface area contributed by atoms with Crippen molar-refractivity contribution in [1.29, 1.82) is 0 Å². The third-order valence-corrected chi connectivity index (χ3v) is 8.21. The molecule has 6 rings (SSSR count). The van der Waals surface area contributed by atoms with Crippen molar-refractivity contribution in [3.05, 3.63) is 59.2 Å². The van der Waals surface area contributed by atoms with E-state index in [9.17, 15) is 4.79 Å². The quantitative estimate of drug-likeness (QED) is 0.827. The lowest BCUT2D eigenvalue weighted by molar-refractivity contribution is -0.122. The Labute approximate surface area is 183 Å². The fraction of sp³-hybridized carbons (Fsp3) is 0.500. The van der Waals surface area contributed by atoms with Crippen molar-refractivity contribution in [2.24, 2.45) is 5.92 Å². The van der Waals surface area contributed by atoms with Gasteiger partial charge in [-0.15, -0.1) is 0 Å². The molecule has 2 heterocycles. The van der Waals surface area contributed by atoms with Crippen LogP contribution in [0.1, 0.15) is 42.9 Å². The largest absolute Gasteiger partial charge is 0.485 e. The molecule has 2 aromatic rings. The molecule has 4 aliphatic rings. The van der Waals surface area contributed by atoms with Crippen molar-refractivity contribution in [3.8, 4) is 11.5 Å². The Morgan fingerprint density at radius 1 is 1.23 bits per heavy atom. The molecule has 1 N–H and O–H groups in total. The predicted molar refractivity (Wildman–Crippen MR) is 118 cm³/mol. The highest BCUT2D eigenvalue weighted by Gasteiger charge is 2.65. The molecule has 5 atom stereocenters. The van der Waals surface area contributed by atoms with Crippen LogP contribution in [-0.2, 0) is 23.2 Å². The Morgan fingerprint density at radius 3 is 2.87 bits per heavy atom.